The molecule has 0 saturated carbocycles. The second-order valence-corrected chi connectivity index (χ2v) is 10.0. The Kier molecular flexibility index (Phi) is 8.69. The summed E-state index contributed by atoms with van der Waals surface area (Å²) in [6, 6.07) is 6.01. The number of allylic oxidation sites excluding steroid dienone is 4. The molecule has 1 aromatic rings. The van der Waals surface area contributed by atoms with E-state index < -0.39 is 0 Å². The third-order valence-electron chi connectivity index (χ3n) is 7.60. The van der Waals surface area contributed by atoms with Crippen molar-refractivity contribution in [3.05, 3.63) is 46.3 Å². The molecule has 1 aliphatic heterocycles. The van der Waals surface area contributed by atoms with Gasteiger partial charge in [-0.05, 0) is 56.7 Å². The van der Waals surface area contributed by atoms with Gasteiger partial charge in [0, 0.05) is 48.3 Å². The average Bonchev–Trinajstić information content (AvgIpc) is 2.86. The normalized spacial score (nSPS) is 18.7. The molecule has 0 atom stereocenters. The van der Waals surface area contributed by atoms with E-state index in [0.29, 0.717) is 31.8 Å². The molecule has 0 bridgehead atoms. The average molecular weight is 480 g/mol. The molecule has 0 spiro atoms. The number of carbonyl (C=O) groups is 2. The Morgan fingerprint density at radius 2 is 1.43 bits per heavy atom. The standard InChI is InChI=1S/C30H41NO4/c1-4-6-7-8-9-10-19-35-26-18-17-21(20-27(26)34-5-2)28-29-22(13-11-15-24(29)32)31(3)23-14-12-16-25(33)30(23)28/h17-18,20,28H,4-16,19H2,1-3H3. The molecular weight excluding hydrogens is 438 g/mol. The van der Waals surface area contributed by atoms with Crippen molar-refractivity contribution in [3.8, 4) is 11.5 Å². The molecule has 0 fully saturated rings. The van der Waals surface area contributed by atoms with E-state index in [-0.39, 0.29) is 17.5 Å². The van der Waals surface area contributed by atoms with Gasteiger partial charge in [-0.25, -0.2) is 0 Å². The highest BCUT2D eigenvalue weighted by atomic mass is 16.5. The summed E-state index contributed by atoms with van der Waals surface area (Å²) in [5.41, 5.74) is 4.79. The van der Waals surface area contributed by atoms with Gasteiger partial charge in [0.2, 0.25) is 0 Å². The van der Waals surface area contributed by atoms with Crippen molar-refractivity contribution in [1.29, 1.82) is 0 Å². The number of nitrogens with zero attached hydrogens (tertiary/aromatic N) is 1. The predicted molar refractivity (Wildman–Crippen MR) is 139 cm³/mol. The zero-order chi connectivity index (χ0) is 24.8. The molecule has 0 unspecified atom stereocenters. The topological polar surface area (TPSA) is 55.8 Å². The van der Waals surface area contributed by atoms with Crippen LogP contribution in [0.2, 0.25) is 0 Å². The first kappa shape index (κ1) is 25.5. The fourth-order valence-corrected chi connectivity index (χ4v) is 5.84. The summed E-state index contributed by atoms with van der Waals surface area (Å²) in [6.45, 7) is 5.40. The van der Waals surface area contributed by atoms with E-state index >= 15 is 0 Å². The van der Waals surface area contributed by atoms with Gasteiger partial charge in [-0.2, -0.15) is 0 Å². The molecule has 2 aliphatic carbocycles. The smallest absolute Gasteiger partial charge is 0.161 e. The van der Waals surface area contributed by atoms with Gasteiger partial charge < -0.3 is 14.4 Å². The van der Waals surface area contributed by atoms with E-state index in [9.17, 15) is 9.59 Å². The highest BCUT2D eigenvalue weighted by Gasteiger charge is 2.42. The predicted octanol–water partition coefficient (Wildman–Crippen LogP) is 6.87. The van der Waals surface area contributed by atoms with Crippen LogP contribution in [0.15, 0.2) is 40.7 Å². The van der Waals surface area contributed by atoms with Gasteiger partial charge in [0.15, 0.2) is 23.1 Å². The summed E-state index contributed by atoms with van der Waals surface area (Å²) >= 11 is 0. The maximum atomic E-state index is 13.2. The van der Waals surface area contributed by atoms with Gasteiger partial charge in [0.1, 0.15) is 0 Å². The third kappa shape index (κ3) is 5.49. The summed E-state index contributed by atoms with van der Waals surface area (Å²) in [5, 5.41) is 0. The molecule has 3 aliphatic rings. The minimum absolute atomic E-state index is 0.175. The Morgan fingerprint density at radius 3 is 2.06 bits per heavy atom. The van der Waals surface area contributed by atoms with Crippen LogP contribution in [-0.2, 0) is 9.59 Å². The quantitative estimate of drug-likeness (QED) is 0.324. The van der Waals surface area contributed by atoms with Crippen molar-refractivity contribution in [2.75, 3.05) is 20.3 Å². The summed E-state index contributed by atoms with van der Waals surface area (Å²) in [5.74, 6) is 1.49. The number of Topliss-reactive ketones (excluding diaryl/α,β-unsaturated/α-hetero) is 2. The first-order chi connectivity index (χ1) is 17.1. The lowest BCUT2D eigenvalue weighted by molar-refractivity contribution is -0.117. The SMILES string of the molecule is CCCCCCCCOc1ccc(C2C3=C(CCCC3=O)N(C)C3=C2C(=O)CCC3)cc1OCC. The van der Waals surface area contributed by atoms with E-state index in [1.165, 1.54) is 32.1 Å². The lowest BCUT2D eigenvalue weighted by Gasteiger charge is -2.42. The van der Waals surface area contributed by atoms with Crippen molar-refractivity contribution in [2.45, 2.75) is 96.8 Å². The highest BCUT2D eigenvalue weighted by molar-refractivity contribution is 6.06. The van der Waals surface area contributed by atoms with Gasteiger partial charge in [0.25, 0.3) is 0 Å². The molecule has 5 nitrogen and oxygen atoms in total. The van der Waals surface area contributed by atoms with Crippen molar-refractivity contribution < 1.29 is 19.1 Å². The Labute approximate surface area is 210 Å². The van der Waals surface area contributed by atoms with E-state index in [1.807, 2.05) is 32.2 Å². The van der Waals surface area contributed by atoms with Crippen LogP contribution >= 0.6 is 0 Å². The first-order valence-corrected chi connectivity index (χ1v) is 13.7. The van der Waals surface area contributed by atoms with Crippen molar-refractivity contribution in [3.63, 3.8) is 0 Å². The molecule has 0 saturated heterocycles. The minimum Gasteiger partial charge on any atom is -0.490 e. The second-order valence-electron chi connectivity index (χ2n) is 10.0. The minimum atomic E-state index is -0.302. The second kappa shape index (κ2) is 11.9. The summed E-state index contributed by atoms with van der Waals surface area (Å²) in [4.78, 5) is 28.6. The van der Waals surface area contributed by atoms with E-state index in [4.69, 9.17) is 9.47 Å². The maximum absolute atomic E-state index is 13.2. The molecular formula is C30H41NO4. The number of benzene rings is 1. The molecule has 0 amide bonds. The zero-order valence-corrected chi connectivity index (χ0v) is 21.8. The fraction of sp³-hybridized carbons (Fsp3) is 0.600. The van der Waals surface area contributed by atoms with Crippen molar-refractivity contribution >= 4 is 11.6 Å². The number of ether oxygens (including phenoxy) is 2. The lowest BCUT2D eigenvalue weighted by Crippen LogP contribution is -2.37. The molecule has 0 radical (unpaired) electrons. The summed E-state index contributed by atoms with van der Waals surface area (Å²) in [7, 11) is 2.03. The Bertz CT molecular complexity index is 962. The van der Waals surface area contributed by atoms with E-state index in [2.05, 4.69) is 11.8 Å². The van der Waals surface area contributed by atoms with Gasteiger partial charge in [0.05, 0.1) is 13.2 Å². The molecule has 4 rings (SSSR count). The van der Waals surface area contributed by atoms with Crippen LogP contribution in [0.5, 0.6) is 11.5 Å². The van der Waals surface area contributed by atoms with Crippen molar-refractivity contribution in [2.24, 2.45) is 0 Å². The Morgan fingerprint density at radius 1 is 0.800 bits per heavy atom. The Balaban J connectivity index is 1.62. The van der Waals surface area contributed by atoms with E-state index in [0.717, 1.165) is 66.0 Å². The molecule has 0 aromatic heterocycles. The molecule has 35 heavy (non-hydrogen) atoms. The largest absolute Gasteiger partial charge is 0.490 e. The number of unbranched alkanes of at least 4 members (excludes halogenated alkanes) is 5. The molecule has 1 aromatic carbocycles. The lowest BCUT2D eigenvalue weighted by atomic mass is 9.71. The van der Waals surface area contributed by atoms with Crippen LogP contribution in [0.3, 0.4) is 0 Å². The highest BCUT2D eigenvalue weighted by Crippen LogP contribution is 2.49. The number of hydrogen-bond acceptors (Lipinski definition) is 5. The van der Waals surface area contributed by atoms with Gasteiger partial charge in [-0.1, -0.05) is 45.1 Å². The van der Waals surface area contributed by atoms with E-state index in [1.54, 1.807) is 0 Å². The fourth-order valence-electron chi connectivity index (χ4n) is 5.84. The summed E-state index contributed by atoms with van der Waals surface area (Å²) < 4.78 is 12.1. The monoisotopic (exact) mass is 479 g/mol. The zero-order valence-electron chi connectivity index (χ0n) is 21.8. The summed E-state index contributed by atoms with van der Waals surface area (Å²) in [6.07, 6.45) is 11.9. The first-order valence-electron chi connectivity index (χ1n) is 13.7. The van der Waals surface area contributed by atoms with Gasteiger partial charge >= 0.3 is 0 Å². The maximum Gasteiger partial charge on any atom is 0.161 e. The van der Waals surface area contributed by atoms with Gasteiger partial charge in [-0.3, -0.25) is 9.59 Å². The molecule has 5 heteroatoms. The van der Waals surface area contributed by atoms with Crippen LogP contribution in [-0.4, -0.2) is 36.7 Å². The van der Waals surface area contributed by atoms with Crippen LogP contribution in [0.25, 0.3) is 0 Å². The molecule has 0 N–H and O–H groups in total. The number of hydrogen-bond donors (Lipinski definition) is 0. The van der Waals surface area contributed by atoms with Crippen LogP contribution in [0.1, 0.15) is 102 Å². The van der Waals surface area contributed by atoms with Crippen LogP contribution in [0.4, 0.5) is 0 Å². The van der Waals surface area contributed by atoms with Gasteiger partial charge in [-0.15, -0.1) is 0 Å². The number of rotatable bonds is 11. The van der Waals surface area contributed by atoms with Crippen LogP contribution in [0, 0.1) is 0 Å². The number of carbonyl (C=O) groups excluding carboxylic acids is 2. The Hall–Kier alpha value is -2.56. The van der Waals surface area contributed by atoms with Crippen molar-refractivity contribution in [1.82, 2.24) is 4.90 Å². The number of ketones is 2. The third-order valence-corrected chi connectivity index (χ3v) is 7.60. The molecule has 190 valence electrons. The molecule has 1 heterocycles. The van der Waals surface area contributed by atoms with Crippen LogP contribution < -0.4 is 9.47 Å².